The van der Waals surface area contributed by atoms with Gasteiger partial charge >= 0.3 is 0 Å². The molecule has 1 heterocycles. The van der Waals surface area contributed by atoms with Crippen LogP contribution in [0.4, 0.5) is 0 Å². The van der Waals surface area contributed by atoms with Crippen LogP contribution in [0, 0.1) is 5.92 Å². The lowest BCUT2D eigenvalue weighted by atomic mass is 9.96. The van der Waals surface area contributed by atoms with E-state index in [0.29, 0.717) is 6.04 Å². The first-order valence-electron chi connectivity index (χ1n) is 5.32. The molecular formula is C10H22N2O. The minimum absolute atomic E-state index is 0.247. The third-order valence-corrected chi connectivity index (χ3v) is 2.73. The van der Waals surface area contributed by atoms with Crippen molar-refractivity contribution >= 4 is 0 Å². The molecule has 13 heavy (non-hydrogen) atoms. The summed E-state index contributed by atoms with van der Waals surface area (Å²) in [5.74, 6) is 0.782. The van der Waals surface area contributed by atoms with Crippen molar-refractivity contribution in [3.05, 3.63) is 0 Å². The van der Waals surface area contributed by atoms with Crippen LogP contribution in [0.1, 0.15) is 20.3 Å². The highest BCUT2D eigenvalue weighted by molar-refractivity contribution is 4.80. The Bertz CT molecular complexity index is 141. The minimum atomic E-state index is 0.247. The first-order valence-corrected chi connectivity index (χ1v) is 5.32. The van der Waals surface area contributed by atoms with Gasteiger partial charge in [-0.3, -0.25) is 0 Å². The van der Waals surface area contributed by atoms with E-state index >= 15 is 0 Å². The molecule has 0 aromatic rings. The molecule has 2 unspecified atom stereocenters. The van der Waals surface area contributed by atoms with Crippen LogP contribution < -0.4 is 5.32 Å². The Balaban J connectivity index is 2.29. The molecule has 0 bridgehead atoms. The molecule has 3 heteroatoms. The Labute approximate surface area is 81.1 Å². The van der Waals surface area contributed by atoms with E-state index in [9.17, 15) is 0 Å². The summed E-state index contributed by atoms with van der Waals surface area (Å²) in [6.45, 7) is 9.00. The van der Waals surface area contributed by atoms with Gasteiger partial charge in [-0.2, -0.15) is 0 Å². The summed E-state index contributed by atoms with van der Waals surface area (Å²) in [7, 11) is 0. The molecule has 78 valence electrons. The average Bonchev–Trinajstić information content (AvgIpc) is 2.14. The molecule has 2 N–H and O–H groups in total. The highest BCUT2D eigenvalue weighted by atomic mass is 16.3. The molecule has 0 aliphatic carbocycles. The summed E-state index contributed by atoms with van der Waals surface area (Å²) in [5.41, 5.74) is 0. The van der Waals surface area contributed by atoms with Crippen molar-refractivity contribution in [2.45, 2.75) is 26.3 Å². The number of nitrogens with one attached hydrogen (secondary N) is 1. The van der Waals surface area contributed by atoms with Crippen LogP contribution >= 0.6 is 0 Å². The molecule has 2 atom stereocenters. The second kappa shape index (κ2) is 5.58. The highest BCUT2D eigenvalue weighted by Crippen LogP contribution is 2.15. The Morgan fingerprint density at radius 2 is 2.23 bits per heavy atom. The Morgan fingerprint density at radius 3 is 2.85 bits per heavy atom. The van der Waals surface area contributed by atoms with Gasteiger partial charge in [0, 0.05) is 25.7 Å². The standard InChI is InChI=1S/C10H22N2O/c1-3-12-7-9(2)6-10(8-12)11-4-5-13/h9-11,13H,3-8H2,1-2H3. The van der Waals surface area contributed by atoms with Crippen LogP contribution in [-0.2, 0) is 0 Å². The van der Waals surface area contributed by atoms with Crippen LogP contribution in [0.25, 0.3) is 0 Å². The van der Waals surface area contributed by atoms with Crippen LogP contribution in [0.15, 0.2) is 0 Å². The Hall–Kier alpha value is -0.120. The lowest BCUT2D eigenvalue weighted by Gasteiger charge is -2.36. The topological polar surface area (TPSA) is 35.5 Å². The van der Waals surface area contributed by atoms with Gasteiger partial charge in [0.25, 0.3) is 0 Å². The van der Waals surface area contributed by atoms with Gasteiger partial charge in [0.2, 0.25) is 0 Å². The monoisotopic (exact) mass is 186 g/mol. The van der Waals surface area contributed by atoms with Gasteiger partial charge in [-0.25, -0.2) is 0 Å². The van der Waals surface area contributed by atoms with Gasteiger partial charge < -0.3 is 15.3 Å². The average molecular weight is 186 g/mol. The normalized spacial score (nSPS) is 30.7. The Kier molecular flexibility index (Phi) is 4.70. The third kappa shape index (κ3) is 3.63. The number of likely N-dealkylation sites (tertiary alicyclic amines) is 1. The van der Waals surface area contributed by atoms with Gasteiger partial charge in [0.15, 0.2) is 0 Å². The highest BCUT2D eigenvalue weighted by Gasteiger charge is 2.22. The van der Waals surface area contributed by atoms with Gasteiger partial charge in [-0.1, -0.05) is 13.8 Å². The fourth-order valence-corrected chi connectivity index (χ4v) is 2.14. The molecule has 3 nitrogen and oxygen atoms in total. The summed E-state index contributed by atoms with van der Waals surface area (Å²) in [5, 5.41) is 12.1. The summed E-state index contributed by atoms with van der Waals surface area (Å²) >= 11 is 0. The predicted octanol–water partition coefficient (Wildman–Crippen LogP) is 0.299. The molecule has 0 spiro atoms. The number of aliphatic hydroxyl groups excluding tert-OH is 1. The summed E-state index contributed by atoms with van der Waals surface area (Å²) < 4.78 is 0. The number of rotatable bonds is 4. The molecule has 0 saturated carbocycles. The number of likely N-dealkylation sites (N-methyl/N-ethyl adjacent to an activating group) is 1. The smallest absolute Gasteiger partial charge is 0.0556 e. The lowest BCUT2D eigenvalue weighted by molar-refractivity contribution is 0.151. The zero-order chi connectivity index (χ0) is 9.68. The predicted molar refractivity (Wildman–Crippen MR) is 54.8 cm³/mol. The number of aliphatic hydroxyl groups is 1. The van der Waals surface area contributed by atoms with Crippen LogP contribution in [-0.4, -0.2) is 48.8 Å². The second-order valence-electron chi connectivity index (χ2n) is 4.07. The van der Waals surface area contributed by atoms with E-state index < -0.39 is 0 Å². The minimum Gasteiger partial charge on any atom is -0.395 e. The van der Waals surface area contributed by atoms with Crippen molar-refractivity contribution in [1.82, 2.24) is 10.2 Å². The maximum atomic E-state index is 8.71. The quantitative estimate of drug-likeness (QED) is 0.663. The second-order valence-corrected chi connectivity index (χ2v) is 4.07. The summed E-state index contributed by atoms with van der Waals surface area (Å²) in [6.07, 6.45) is 1.25. The van der Waals surface area contributed by atoms with E-state index in [1.54, 1.807) is 0 Å². The van der Waals surface area contributed by atoms with Gasteiger partial charge in [0.1, 0.15) is 0 Å². The molecular weight excluding hydrogens is 164 g/mol. The van der Waals surface area contributed by atoms with Crippen LogP contribution in [0.3, 0.4) is 0 Å². The molecule has 0 amide bonds. The summed E-state index contributed by atoms with van der Waals surface area (Å²) in [6, 6.07) is 0.579. The van der Waals surface area contributed by atoms with Gasteiger partial charge in [0.05, 0.1) is 6.61 Å². The van der Waals surface area contributed by atoms with Crippen molar-refractivity contribution in [2.75, 3.05) is 32.8 Å². The first-order chi connectivity index (χ1) is 6.26. The van der Waals surface area contributed by atoms with Gasteiger partial charge in [-0.05, 0) is 18.9 Å². The van der Waals surface area contributed by atoms with Crippen molar-refractivity contribution in [3.8, 4) is 0 Å². The van der Waals surface area contributed by atoms with E-state index in [-0.39, 0.29) is 6.61 Å². The molecule has 1 saturated heterocycles. The molecule has 1 fully saturated rings. The molecule has 0 aromatic carbocycles. The van der Waals surface area contributed by atoms with Crippen molar-refractivity contribution in [1.29, 1.82) is 0 Å². The largest absolute Gasteiger partial charge is 0.395 e. The maximum Gasteiger partial charge on any atom is 0.0556 e. The van der Waals surface area contributed by atoms with E-state index in [4.69, 9.17) is 5.11 Å². The third-order valence-electron chi connectivity index (χ3n) is 2.73. The Morgan fingerprint density at radius 1 is 1.46 bits per heavy atom. The molecule has 0 radical (unpaired) electrons. The van der Waals surface area contributed by atoms with Gasteiger partial charge in [-0.15, -0.1) is 0 Å². The SMILES string of the molecule is CCN1CC(C)CC(NCCO)C1. The van der Waals surface area contributed by atoms with Crippen LogP contribution in [0.5, 0.6) is 0 Å². The zero-order valence-corrected chi connectivity index (χ0v) is 8.79. The maximum absolute atomic E-state index is 8.71. The van der Waals surface area contributed by atoms with Crippen molar-refractivity contribution in [2.24, 2.45) is 5.92 Å². The fourth-order valence-electron chi connectivity index (χ4n) is 2.14. The van der Waals surface area contributed by atoms with E-state index in [1.165, 1.54) is 13.0 Å². The molecule has 0 aromatic heterocycles. The summed E-state index contributed by atoms with van der Waals surface area (Å²) in [4.78, 5) is 2.48. The number of hydrogen-bond acceptors (Lipinski definition) is 3. The zero-order valence-electron chi connectivity index (χ0n) is 8.79. The number of piperidine rings is 1. The van der Waals surface area contributed by atoms with Crippen molar-refractivity contribution in [3.63, 3.8) is 0 Å². The number of nitrogens with zero attached hydrogens (tertiary/aromatic N) is 1. The van der Waals surface area contributed by atoms with E-state index in [1.807, 2.05) is 0 Å². The van der Waals surface area contributed by atoms with E-state index in [2.05, 4.69) is 24.1 Å². The molecule has 1 aliphatic rings. The number of hydrogen-bond donors (Lipinski definition) is 2. The lowest BCUT2D eigenvalue weighted by Crippen LogP contribution is -2.49. The molecule has 1 aliphatic heterocycles. The first kappa shape index (κ1) is 11.0. The van der Waals surface area contributed by atoms with Crippen molar-refractivity contribution < 1.29 is 5.11 Å². The molecule has 1 rings (SSSR count). The van der Waals surface area contributed by atoms with Crippen LogP contribution in [0.2, 0.25) is 0 Å². The fraction of sp³-hybridized carbons (Fsp3) is 1.00. The van der Waals surface area contributed by atoms with E-state index in [0.717, 1.165) is 25.6 Å².